The number of halogens is 3. The molecule has 0 spiro atoms. The lowest BCUT2D eigenvalue weighted by molar-refractivity contribution is -0.114. The van der Waals surface area contributed by atoms with Gasteiger partial charge >= 0.3 is 0 Å². The van der Waals surface area contributed by atoms with Gasteiger partial charge < -0.3 is 4.74 Å². The second-order valence-corrected chi connectivity index (χ2v) is 9.01. The van der Waals surface area contributed by atoms with Crippen LogP contribution in [-0.2, 0) is 11.4 Å². The molecule has 0 N–H and O–H groups in total. The molecule has 1 aliphatic heterocycles. The van der Waals surface area contributed by atoms with Crippen molar-refractivity contribution < 1.29 is 9.53 Å². The minimum absolute atomic E-state index is 0.157. The van der Waals surface area contributed by atoms with Crippen LogP contribution in [0.15, 0.2) is 86.3 Å². The summed E-state index contributed by atoms with van der Waals surface area (Å²) in [4.78, 5) is 12.9. The molecule has 0 atom stereocenters. The number of anilines is 1. The smallest absolute Gasteiger partial charge is 0.280 e. The van der Waals surface area contributed by atoms with E-state index in [1.54, 1.807) is 0 Å². The summed E-state index contributed by atoms with van der Waals surface area (Å²) in [6, 6.07) is 20.8. The van der Waals surface area contributed by atoms with Crippen molar-refractivity contribution >= 4 is 66.8 Å². The van der Waals surface area contributed by atoms with Gasteiger partial charge in [0.1, 0.15) is 12.4 Å². The van der Waals surface area contributed by atoms with E-state index < -0.39 is 0 Å². The van der Waals surface area contributed by atoms with Crippen molar-refractivity contribution in [1.82, 2.24) is 0 Å². The predicted octanol–water partition coefficient (Wildman–Crippen LogP) is 7.25. The Kier molecular flexibility index (Phi) is 6.60. The molecule has 1 heterocycles. The van der Waals surface area contributed by atoms with E-state index in [1.807, 2.05) is 79.7 Å². The van der Waals surface area contributed by atoms with Crippen molar-refractivity contribution in [2.45, 2.75) is 13.5 Å². The van der Waals surface area contributed by atoms with Crippen LogP contribution in [0.5, 0.6) is 5.75 Å². The molecule has 0 aromatic heterocycles. The van der Waals surface area contributed by atoms with E-state index >= 15 is 0 Å². The number of benzene rings is 3. The Bertz CT molecular complexity index is 1190. The van der Waals surface area contributed by atoms with Crippen LogP contribution < -0.4 is 9.75 Å². The number of carbonyl (C=O) groups excluding carboxylic acids is 1. The van der Waals surface area contributed by atoms with E-state index in [9.17, 15) is 4.79 Å². The molecular formula is C24H17Br2ClN2O2. The summed E-state index contributed by atoms with van der Waals surface area (Å²) in [7, 11) is 0. The van der Waals surface area contributed by atoms with Gasteiger partial charge in [-0.05, 0) is 80.8 Å². The van der Waals surface area contributed by atoms with Gasteiger partial charge in [0.15, 0.2) is 0 Å². The van der Waals surface area contributed by atoms with Gasteiger partial charge in [0.05, 0.1) is 25.9 Å². The van der Waals surface area contributed by atoms with Crippen molar-refractivity contribution in [3.05, 3.63) is 97.4 Å². The highest BCUT2D eigenvalue weighted by Crippen LogP contribution is 2.37. The Balaban J connectivity index is 1.57. The Morgan fingerprint density at radius 2 is 1.68 bits per heavy atom. The molecule has 1 aliphatic rings. The van der Waals surface area contributed by atoms with Gasteiger partial charge in [-0.2, -0.15) is 10.1 Å². The molecule has 156 valence electrons. The van der Waals surface area contributed by atoms with Crippen molar-refractivity contribution in [2.75, 3.05) is 5.01 Å². The second kappa shape index (κ2) is 9.39. The van der Waals surface area contributed by atoms with Crippen LogP contribution in [0, 0.1) is 0 Å². The number of carbonyl (C=O) groups is 1. The number of amides is 1. The highest BCUT2D eigenvalue weighted by Gasteiger charge is 2.28. The lowest BCUT2D eigenvalue weighted by atomic mass is 10.1. The average molecular weight is 561 g/mol. The highest BCUT2D eigenvalue weighted by atomic mass is 79.9. The molecule has 3 aromatic carbocycles. The summed E-state index contributed by atoms with van der Waals surface area (Å²) >= 11 is 13.4. The summed E-state index contributed by atoms with van der Waals surface area (Å²) in [5.74, 6) is 0.506. The van der Waals surface area contributed by atoms with Gasteiger partial charge in [-0.1, -0.05) is 48.0 Å². The van der Waals surface area contributed by atoms with Crippen LogP contribution in [0.25, 0.3) is 6.08 Å². The first-order valence-electron chi connectivity index (χ1n) is 9.46. The monoisotopic (exact) mass is 558 g/mol. The lowest BCUT2D eigenvalue weighted by Gasteiger charge is -2.13. The number of nitrogens with zero attached hydrogens (tertiary/aromatic N) is 2. The zero-order valence-corrected chi connectivity index (χ0v) is 20.4. The molecule has 0 unspecified atom stereocenters. The molecule has 0 fully saturated rings. The Morgan fingerprint density at radius 1 is 1.03 bits per heavy atom. The van der Waals surface area contributed by atoms with Crippen molar-refractivity contribution in [3.63, 3.8) is 0 Å². The fourth-order valence-electron chi connectivity index (χ4n) is 3.16. The second-order valence-electron chi connectivity index (χ2n) is 6.89. The molecule has 31 heavy (non-hydrogen) atoms. The fraction of sp³-hybridized carbons (Fsp3) is 0.0833. The van der Waals surface area contributed by atoms with Crippen molar-refractivity contribution in [2.24, 2.45) is 5.10 Å². The molecule has 0 saturated carbocycles. The molecule has 3 aromatic rings. The van der Waals surface area contributed by atoms with Crippen LogP contribution >= 0.6 is 43.5 Å². The Labute approximate surface area is 202 Å². The number of hydrazone groups is 1. The number of hydrogen-bond acceptors (Lipinski definition) is 3. The van der Waals surface area contributed by atoms with Gasteiger partial charge in [-0.15, -0.1) is 0 Å². The zero-order chi connectivity index (χ0) is 22.0. The largest absolute Gasteiger partial charge is 0.486 e. The van der Waals surface area contributed by atoms with Crippen LogP contribution in [0.3, 0.4) is 0 Å². The predicted molar refractivity (Wildman–Crippen MR) is 133 cm³/mol. The summed E-state index contributed by atoms with van der Waals surface area (Å²) in [5.41, 5.74) is 3.70. The van der Waals surface area contributed by atoms with Gasteiger partial charge in [0.2, 0.25) is 0 Å². The summed E-state index contributed by atoms with van der Waals surface area (Å²) in [5, 5.41) is 6.51. The summed E-state index contributed by atoms with van der Waals surface area (Å²) < 4.78 is 7.51. The van der Waals surface area contributed by atoms with Gasteiger partial charge in [-0.3, -0.25) is 4.79 Å². The first-order valence-corrected chi connectivity index (χ1v) is 11.4. The minimum Gasteiger partial charge on any atom is -0.486 e. The minimum atomic E-state index is -0.157. The molecule has 7 heteroatoms. The van der Waals surface area contributed by atoms with Crippen LogP contribution in [-0.4, -0.2) is 11.6 Å². The maximum atomic E-state index is 12.9. The first-order chi connectivity index (χ1) is 14.9. The fourth-order valence-corrected chi connectivity index (χ4v) is 4.80. The highest BCUT2D eigenvalue weighted by molar-refractivity contribution is 9.11. The number of ether oxygens (including phenoxy) is 1. The number of para-hydroxylation sites is 1. The SMILES string of the molecule is CC1=NN(c2ccccc2)C(=O)/C1=C/c1cc(Br)c(OCc2ccccc2Cl)c(Br)c1. The molecule has 0 bridgehead atoms. The third-order valence-electron chi connectivity index (χ3n) is 4.72. The standard InChI is InChI=1S/C24H17Br2ClN2O2/c1-15-19(24(30)29(28-15)18-8-3-2-4-9-18)11-16-12-20(25)23(21(26)13-16)31-14-17-7-5-6-10-22(17)27/h2-13H,14H2,1H3/b19-11+. The summed E-state index contributed by atoms with van der Waals surface area (Å²) in [6.45, 7) is 2.17. The van der Waals surface area contributed by atoms with E-state index in [0.29, 0.717) is 28.7 Å². The van der Waals surface area contributed by atoms with E-state index in [1.165, 1.54) is 5.01 Å². The Hall–Kier alpha value is -2.41. The number of hydrogen-bond donors (Lipinski definition) is 0. The van der Waals surface area contributed by atoms with Gasteiger partial charge in [0.25, 0.3) is 5.91 Å². The summed E-state index contributed by atoms with van der Waals surface area (Å²) in [6.07, 6.45) is 1.83. The number of rotatable bonds is 5. The van der Waals surface area contributed by atoms with Crippen molar-refractivity contribution in [3.8, 4) is 5.75 Å². The van der Waals surface area contributed by atoms with E-state index in [-0.39, 0.29) is 5.91 Å². The maximum Gasteiger partial charge on any atom is 0.280 e. The maximum absolute atomic E-state index is 12.9. The van der Waals surface area contributed by atoms with Gasteiger partial charge in [0, 0.05) is 10.6 Å². The molecular weight excluding hydrogens is 544 g/mol. The third-order valence-corrected chi connectivity index (χ3v) is 6.27. The molecule has 0 aliphatic carbocycles. The topological polar surface area (TPSA) is 41.9 Å². The van der Waals surface area contributed by atoms with E-state index in [2.05, 4.69) is 37.0 Å². The van der Waals surface area contributed by atoms with Crippen molar-refractivity contribution in [1.29, 1.82) is 0 Å². The average Bonchev–Trinajstić information content (AvgIpc) is 3.03. The molecule has 1 amide bonds. The lowest BCUT2D eigenvalue weighted by Crippen LogP contribution is -2.21. The van der Waals surface area contributed by atoms with Crippen LogP contribution in [0.2, 0.25) is 5.02 Å². The first kappa shape index (κ1) is 21.8. The van der Waals surface area contributed by atoms with E-state index in [0.717, 1.165) is 25.8 Å². The normalized spacial score (nSPS) is 14.8. The molecule has 0 saturated heterocycles. The molecule has 0 radical (unpaired) electrons. The Morgan fingerprint density at radius 3 is 2.35 bits per heavy atom. The third kappa shape index (κ3) is 4.76. The van der Waals surface area contributed by atoms with Crippen LogP contribution in [0.1, 0.15) is 18.1 Å². The molecule has 4 nitrogen and oxygen atoms in total. The van der Waals surface area contributed by atoms with Gasteiger partial charge in [-0.25, -0.2) is 0 Å². The zero-order valence-electron chi connectivity index (χ0n) is 16.5. The quantitative estimate of drug-likeness (QED) is 0.309. The van der Waals surface area contributed by atoms with Crippen LogP contribution in [0.4, 0.5) is 5.69 Å². The molecule has 4 rings (SSSR count). The van der Waals surface area contributed by atoms with E-state index in [4.69, 9.17) is 16.3 Å².